The molecule has 1 atom stereocenters. The van der Waals surface area contributed by atoms with Crippen molar-refractivity contribution in [3.05, 3.63) is 29.3 Å². The SMILES string of the molecule is COc1cc(C)ccc1C(C)NCCCOCCO. The van der Waals surface area contributed by atoms with Crippen LogP contribution in [0.1, 0.15) is 30.5 Å². The maximum absolute atomic E-state index is 8.59. The first-order valence-corrected chi connectivity index (χ1v) is 6.75. The van der Waals surface area contributed by atoms with Gasteiger partial charge in [-0.3, -0.25) is 0 Å². The van der Waals surface area contributed by atoms with Crippen molar-refractivity contribution < 1.29 is 14.6 Å². The number of methoxy groups -OCH3 is 1. The van der Waals surface area contributed by atoms with Gasteiger partial charge in [-0.1, -0.05) is 12.1 Å². The van der Waals surface area contributed by atoms with E-state index in [9.17, 15) is 0 Å². The van der Waals surface area contributed by atoms with Crippen LogP contribution in [0.15, 0.2) is 18.2 Å². The van der Waals surface area contributed by atoms with E-state index in [-0.39, 0.29) is 12.6 Å². The topological polar surface area (TPSA) is 50.7 Å². The van der Waals surface area contributed by atoms with E-state index < -0.39 is 0 Å². The van der Waals surface area contributed by atoms with Gasteiger partial charge in [0.2, 0.25) is 0 Å². The molecule has 1 aromatic carbocycles. The Morgan fingerprint density at radius 3 is 2.79 bits per heavy atom. The molecule has 0 bridgehead atoms. The number of aliphatic hydroxyl groups excluding tert-OH is 1. The van der Waals surface area contributed by atoms with Gasteiger partial charge in [0.05, 0.1) is 20.3 Å². The molecule has 0 amide bonds. The Kier molecular flexibility index (Phi) is 7.48. The van der Waals surface area contributed by atoms with Crippen LogP contribution in [-0.4, -0.2) is 38.6 Å². The fourth-order valence-electron chi connectivity index (χ4n) is 1.95. The van der Waals surface area contributed by atoms with Gasteiger partial charge in [0.25, 0.3) is 0 Å². The molecule has 0 saturated heterocycles. The number of aryl methyl sites for hydroxylation is 1. The normalized spacial score (nSPS) is 12.4. The number of nitrogens with one attached hydrogen (secondary N) is 1. The first kappa shape index (κ1) is 16.0. The van der Waals surface area contributed by atoms with Crippen LogP contribution in [0, 0.1) is 6.92 Å². The average molecular weight is 267 g/mol. The van der Waals surface area contributed by atoms with E-state index >= 15 is 0 Å². The Bertz CT molecular complexity index is 368. The van der Waals surface area contributed by atoms with E-state index in [0.717, 1.165) is 18.7 Å². The predicted molar refractivity (Wildman–Crippen MR) is 76.7 cm³/mol. The second-order valence-corrected chi connectivity index (χ2v) is 4.61. The van der Waals surface area contributed by atoms with Crippen molar-refractivity contribution in [2.24, 2.45) is 0 Å². The van der Waals surface area contributed by atoms with Crippen molar-refractivity contribution in [2.75, 3.05) is 33.5 Å². The van der Waals surface area contributed by atoms with E-state index in [0.29, 0.717) is 13.2 Å². The molecule has 4 heteroatoms. The molecule has 1 unspecified atom stereocenters. The standard InChI is InChI=1S/C15H25NO3/c1-12-5-6-14(15(11-12)18-3)13(2)16-7-4-9-19-10-8-17/h5-6,11,13,16-17H,4,7-10H2,1-3H3. The third kappa shape index (κ3) is 5.59. The van der Waals surface area contributed by atoms with Gasteiger partial charge in [-0.15, -0.1) is 0 Å². The zero-order valence-electron chi connectivity index (χ0n) is 12.1. The van der Waals surface area contributed by atoms with E-state index in [4.69, 9.17) is 14.6 Å². The minimum atomic E-state index is 0.0877. The summed E-state index contributed by atoms with van der Waals surface area (Å²) in [5.74, 6) is 0.927. The molecule has 0 aromatic heterocycles. The van der Waals surface area contributed by atoms with E-state index in [1.165, 1.54) is 11.1 Å². The molecule has 108 valence electrons. The molecule has 0 aliphatic heterocycles. The molecule has 0 saturated carbocycles. The molecule has 0 heterocycles. The quantitative estimate of drug-likeness (QED) is 0.672. The summed E-state index contributed by atoms with van der Waals surface area (Å²) in [5, 5.41) is 12.0. The molecule has 0 spiro atoms. The van der Waals surface area contributed by atoms with Crippen LogP contribution in [0.4, 0.5) is 0 Å². The lowest BCUT2D eigenvalue weighted by Crippen LogP contribution is -2.21. The smallest absolute Gasteiger partial charge is 0.123 e. The largest absolute Gasteiger partial charge is 0.496 e. The van der Waals surface area contributed by atoms with Crippen molar-refractivity contribution >= 4 is 0 Å². The first-order valence-electron chi connectivity index (χ1n) is 6.75. The summed E-state index contributed by atoms with van der Waals surface area (Å²) in [6.45, 7) is 6.24. The van der Waals surface area contributed by atoms with E-state index in [2.05, 4.69) is 37.4 Å². The molecule has 19 heavy (non-hydrogen) atoms. The second kappa shape index (κ2) is 8.91. The van der Waals surface area contributed by atoms with Crippen LogP contribution >= 0.6 is 0 Å². The summed E-state index contributed by atoms with van der Waals surface area (Å²) in [7, 11) is 1.70. The van der Waals surface area contributed by atoms with E-state index in [1.54, 1.807) is 7.11 Å². The number of hydrogen-bond acceptors (Lipinski definition) is 4. The van der Waals surface area contributed by atoms with Crippen LogP contribution in [-0.2, 0) is 4.74 Å². The molecule has 0 radical (unpaired) electrons. The van der Waals surface area contributed by atoms with Gasteiger partial charge in [-0.25, -0.2) is 0 Å². The summed E-state index contributed by atoms with van der Waals surface area (Å²) in [4.78, 5) is 0. The number of hydrogen-bond donors (Lipinski definition) is 2. The van der Waals surface area contributed by atoms with Crippen molar-refractivity contribution in [3.8, 4) is 5.75 Å². The molecule has 1 rings (SSSR count). The van der Waals surface area contributed by atoms with Gasteiger partial charge < -0.3 is 19.9 Å². The molecule has 0 fully saturated rings. The molecule has 2 N–H and O–H groups in total. The molecular weight excluding hydrogens is 242 g/mol. The number of ether oxygens (including phenoxy) is 2. The minimum Gasteiger partial charge on any atom is -0.496 e. The zero-order chi connectivity index (χ0) is 14.1. The average Bonchev–Trinajstić information content (AvgIpc) is 2.42. The van der Waals surface area contributed by atoms with Crippen LogP contribution in [0.5, 0.6) is 5.75 Å². The van der Waals surface area contributed by atoms with Gasteiger partial charge >= 0.3 is 0 Å². The van der Waals surface area contributed by atoms with Crippen LogP contribution < -0.4 is 10.1 Å². The molecular formula is C15H25NO3. The first-order chi connectivity index (χ1) is 9.19. The number of benzene rings is 1. The summed E-state index contributed by atoms with van der Waals surface area (Å²) in [6.07, 6.45) is 0.929. The highest BCUT2D eigenvalue weighted by molar-refractivity contribution is 5.38. The van der Waals surface area contributed by atoms with Gasteiger partial charge in [0, 0.05) is 18.2 Å². The van der Waals surface area contributed by atoms with Gasteiger partial charge in [-0.2, -0.15) is 0 Å². The number of rotatable bonds is 9. The van der Waals surface area contributed by atoms with Crippen molar-refractivity contribution in [1.82, 2.24) is 5.32 Å². The summed E-state index contributed by atoms with van der Waals surface area (Å²) in [6, 6.07) is 6.50. The van der Waals surface area contributed by atoms with Crippen LogP contribution in [0.25, 0.3) is 0 Å². The lowest BCUT2D eigenvalue weighted by molar-refractivity contribution is 0.0904. The highest BCUT2D eigenvalue weighted by atomic mass is 16.5. The molecule has 0 aliphatic rings. The Labute approximate surface area is 115 Å². The monoisotopic (exact) mass is 267 g/mol. The second-order valence-electron chi connectivity index (χ2n) is 4.61. The minimum absolute atomic E-state index is 0.0877. The Hall–Kier alpha value is -1.10. The lowest BCUT2D eigenvalue weighted by Gasteiger charge is -2.17. The molecule has 0 aliphatic carbocycles. The maximum Gasteiger partial charge on any atom is 0.123 e. The predicted octanol–water partition coefficient (Wildman–Crippen LogP) is 2.05. The lowest BCUT2D eigenvalue weighted by atomic mass is 10.0. The van der Waals surface area contributed by atoms with Crippen molar-refractivity contribution in [1.29, 1.82) is 0 Å². The Balaban J connectivity index is 2.38. The highest BCUT2D eigenvalue weighted by Gasteiger charge is 2.10. The summed E-state index contributed by atoms with van der Waals surface area (Å²) < 4.78 is 10.6. The van der Waals surface area contributed by atoms with Crippen LogP contribution in [0.2, 0.25) is 0 Å². The number of aliphatic hydroxyl groups is 1. The third-order valence-corrected chi connectivity index (χ3v) is 3.01. The van der Waals surface area contributed by atoms with Gasteiger partial charge in [0.1, 0.15) is 5.75 Å². The van der Waals surface area contributed by atoms with Crippen LogP contribution in [0.3, 0.4) is 0 Å². The van der Waals surface area contributed by atoms with E-state index in [1.807, 2.05) is 0 Å². The fourth-order valence-corrected chi connectivity index (χ4v) is 1.95. The summed E-state index contributed by atoms with van der Waals surface area (Å²) in [5.41, 5.74) is 2.37. The molecule has 4 nitrogen and oxygen atoms in total. The summed E-state index contributed by atoms with van der Waals surface area (Å²) >= 11 is 0. The van der Waals surface area contributed by atoms with Crippen molar-refractivity contribution in [3.63, 3.8) is 0 Å². The third-order valence-electron chi connectivity index (χ3n) is 3.01. The fraction of sp³-hybridized carbons (Fsp3) is 0.600. The highest BCUT2D eigenvalue weighted by Crippen LogP contribution is 2.25. The van der Waals surface area contributed by atoms with Crippen molar-refractivity contribution in [2.45, 2.75) is 26.3 Å². The maximum atomic E-state index is 8.59. The molecule has 1 aromatic rings. The Morgan fingerprint density at radius 1 is 1.32 bits per heavy atom. The zero-order valence-corrected chi connectivity index (χ0v) is 12.1. The Morgan fingerprint density at radius 2 is 2.11 bits per heavy atom. The van der Waals surface area contributed by atoms with Gasteiger partial charge in [-0.05, 0) is 38.4 Å². The van der Waals surface area contributed by atoms with Gasteiger partial charge in [0.15, 0.2) is 0 Å².